The highest BCUT2D eigenvalue weighted by Crippen LogP contribution is 2.39. The molecule has 2 aromatic rings. The molecular formula is C18H14N2O5. The van der Waals surface area contributed by atoms with Gasteiger partial charge in [0.25, 0.3) is 11.8 Å². The van der Waals surface area contributed by atoms with Crippen molar-refractivity contribution in [3.8, 4) is 17.2 Å². The van der Waals surface area contributed by atoms with Gasteiger partial charge in [-0.3, -0.25) is 15.0 Å². The van der Waals surface area contributed by atoms with E-state index < -0.39 is 11.8 Å². The number of carbonyl (C=O) groups is 2. The maximum Gasteiger partial charge on any atom is 0.282 e. The lowest BCUT2D eigenvalue weighted by Crippen LogP contribution is -2.35. The monoisotopic (exact) mass is 338 g/mol. The number of rotatable bonds is 3. The first-order valence-corrected chi connectivity index (χ1v) is 7.57. The number of carbonyl (C=O) groups excluding carboxylic acids is 2. The second-order valence-electron chi connectivity index (χ2n) is 5.42. The van der Waals surface area contributed by atoms with Gasteiger partial charge in [0.1, 0.15) is 11.3 Å². The summed E-state index contributed by atoms with van der Waals surface area (Å²) in [5, 5.41) is 1.22. The molecule has 126 valence electrons. The van der Waals surface area contributed by atoms with Crippen molar-refractivity contribution in [3.63, 3.8) is 0 Å². The number of hydrogen-bond donors (Lipinski definition) is 1. The van der Waals surface area contributed by atoms with E-state index in [9.17, 15) is 9.59 Å². The molecule has 2 aromatic carbocycles. The predicted octanol–water partition coefficient (Wildman–Crippen LogP) is 1.89. The molecule has 1 fully saturated rings. The standard InChI is InChI=1S/C18H14N2O5/c1-23-14-9-16-15(24-10-25-16)8-11(14)7-13-17(21)19-20(18(13)22)12-5-3-2-4-6-12/h2-9H,10H2,1H3,(H,19,21). The highest BCUT2D eigenvalue weighted by Gasteiger charge is 2.34. The summed E-state index contributed by atoms with van der Waals surface area (Å²) in [5.74, 6) is 0.672. The van der Waals surface area contributed by atoms with Crippen LogP contribution in [0.15, 0.2) is 48.0 Å². The summed E-state index contributed by atoms with van der Waals surface area (Å²) in [6, 6.07) is 12.2. The molecule has 2 aliphatic heterocycles. The molecule has 0 atom stereocenters. The fourth-order valence-electron chi connectivity index (χ4n) is 2.70. The Hall–Kier alpha value is -3.48. The fraction of sp³-hybridized carbons (Fsp3) is 0.111. The molecule has 0 aliphatic carbocycles. The number of fused-ring (bicyclic) bond motifs is 1. The van der Waals surface area contributed by atoms with Crippen molar-refractivity contribution in [2.45, 2.75) is 0 Å². The van der Waals surface area contributed by atoms with Crippen LogP contribution in [0.4, 0.5) is 5.69 Å². The summed E-state index contributed by atoms with van der Waals surface area (Å²) >= 11 is 0. The number of para-hydroxylation sites is 1. The fourth-order valence-corrected chi connectivity index (χ4v) is 2.70. The van der Waals surface area contributed by atoms with E-state index in [-0.39, 0.29) is 12.4 Å². The van der Waals surface area contributed by atoms with Crippen molar-refractivity contribution >= 4 is 23.6 Å². The zero-order valence-electron chi connectivity index (χ0n) is 13.3. The van der Waals surface area contributed by atoms with Crippen LogP contribution in [0.1, 0.15) is 5.56 Å². The van der Waals surface area contributed by atoms with Crippen LogP contribution in [0.5, 0.6) is 17.2 Å². The third kappa shape index (κ3) is 2.55. The summed E-state index contributed by atoms with van der Waals surface area (Å²) in [6.45, 7) is 0.125. The molecule has 2 aliphatic rings. The van der Waals surface area contributed by atoms with Crippen LogP contribution in [0.25, 0.3) is 6.08 Å². The van der Waals surface area contributed by atoms with Gasteiger partial charge in [0.05, 0.1) is 12.8 Å². The van der Waals surface area contributed by atoms with E-state index in [1.807, 2.05) is 6.07 Å². The molecule has 2 amide bonds. The zero-order valence-corrected chi connectivity index (χ0v) is 13.3. The molecule has 0 saturated carbocycles. The Bertz CT molecular complexity index is 892. The number of hydrazine groups is 1. The maximum atomic E-state index is 12.6. The molecule has 0 spiro atoms. The van der Waals surface area contributed by atoms with Crippen LogP contribution in [-0.2, 0) is 9.59 Å². The van der Waals surface area contributed by atoms with Crippen molar-refractivity contribution in [2.75, 3.05) is 18.9 Å². The van der Waals surface area contributed by atoms with E-state index in [0.717, 1.165) is 0 Å². The van der Waals surface area contributed by atoms with Gasteiger partial charge in [0.2, 0.25) is 6.79 Å². The van der Waals surface area contributed by atoms with Gasteiger partial charge in [0.15, 0.2) is 11.5 Å². The normalized spacial score (nSPS) is 17.2. The van der Waals surface area contributed by atoms with E-state index >= 15 is 0 Å². The molecule has 25 heavy (non-hydrogen) atoms. The minimum Gasteiger partial charge on any atom is -0.496 e. The Kier molecular flexibility index (Phi) is 3.53. The van der Waals surface area contributed by atoms with Crippen LogP contribution in [0, 0.1) is 0 Å². The quantitative estimate of drug-likeness (QED) is 0.683. The lowest BCUT2D eigenvalue weighted by atomic mass is 10.1. The minimum atomic E-state index is -0.478. The Morgan fingerprint density at radius 2 is 1.84 bits per heavy atom. The maximum absolute atomic E-state index is 12.6. The Morgan fingerprint density at radius 1 is 1.12 bits per heavy atom. The molecule has 1 N–H and O–H groups in total. The van der Waals surface area contributed by atoms with Crippen LogP contribution in [0.2, 0.25) is 0 Å². The van der Waals surface area contributed by atoms with E-state index in [4.69, 9.17) is 14.2 Å². The average Bonchev–Trinajstić information content (AvgIpc) is 3.20. The van der Waals surface area contributed by atoms with Crippen molar-refractivity contribution < 1.29 is 23.8 Å². The number of nitrogens with one attached hydrogen (secondary N) is 1. The smallest absolute Gasteiger partial charge is 0.282 e. The number of amides is 2. The largest absolute Gasteiger partial charge is 0.496 e. The third-order valence-electron chi connectivity index (χ3n) is 3.93. The van der Waals surface area contributed by atoms with Crippen LogP contribution in [-0.4, -0.2) is 25.7 Å². The van der Waals surface area contributed by atoms with Gasteiger partial charge in [0, 0.05) is 11.6 Å². The number of nitrogens with zero attached hydrogens (tertiary/aromatic N) is 1. The first-order valence-electron chi connectivity index (χ1n) is 7.57. The number of hydrogen-bond acceptors (Lipinski definition) is 5. The molecule has 0 bridgehead atoms. The summed E-state index contributed by atoms with van der Waals surface area (Å²) in [5.41, 5.74) is 3.72. The lowest BCUT2D eigenvalue weighted by Gasteiger charge is -2.13. The summed E-state index contributed by atoms with van der Waals surface area (Å²) in [4.78, 5) is 24.9. The number of ether oxygens (including phenoxy) is 3. The average molecular weight is 338 g/mol. The van der Waals surface area contributed by atoms with Crippen LogP contribution < -0.4 is 24.6 Å². The molecule has 1 saturated heterocycles. The van der Waals surface area contributed by atoms with Crippen LogP contribution >= 0.6 is 0 Å². The summed E-state index contributed by atoms with van der Waals surface area (Å²) in [6.07, 6.45) is 1.49. The highest BCUT2D eigenvalue weighted by atomic mass is 16.7. The van der Waals surface area contributed by atoms with E-state index in [1.165, 1.54) is 18.2 Å². The molecular weight excluding hydrogens is 324 g/mol. The Balaban J connectivity index is 1.72. The lowest BCUT2D eigenvalue weighted by molar-refractivity contribution is -0.117. The van der Waals surface area contributed by atoms with Crippen molar-refractivity contribution in [1.82, 2.24) is 5.43 Å². The summed E-state index contributed by atoms with van der Waals surface area (Å²) in [7, 11) is 1.51. The van der Waals surface area contributed by atoms with Gasteiger partial charge < -0.3 is 14.2 Å². The molecule has 0 aromatic heterocycles. The van der Waals surface area contributed by atoms with Crippen molar-refractivity contribution in [1.29, 1.82) is 0 Å². The van der Waals surface area contributed by atoms with E-state index in [1.54, 1.807) is 36.4 Å². The number of benzene rings is 2. The minimum absolute atomic E-state index is 0.0148. The molecule has 0 unspecified atom stereocenters. The van der Waals surface area contributed by atoms with Gasteiger partial charge in [-0.15, -0.1) is 0 Å². The Labute approximate surface area is 143 Å². The van der Waals surface area contributed by atoms with Crippen molar-refractivity contribution in [2.24, 2.45) is 0 Å². The topological polar surface area (TPSA) is 77.1 Å². The first kappa shape index (κ1) is 15.1. The highest BCUT2D eigenvalue weighted by molar-refractivity contribution is 6.31. The second-order valence-corrected chi connectivity index (χ2v) is 5.42. The first-order chi connectivity index (χ1) is 12.2. The van der Waals surface area contributed by atoms with Crippen molar-refractivity contribution in [3.05, 3.63) is 53.6 Å². The number of methoxy groups -OCH3 is 1. The molecule has 7 nitrogen and oxygen atoms in total. The van der Waals surface area contributed by atoms with Gasteiger partial charge in [-0.1, -0.05) is 18.2 Å². The molecule has 0 radical (unpaired) electrons. The van der Waals surface area contributed by atoms with Gasteiger partial charge >= 0.3 is 0 Å². The van der Waals surface area contributed by atoms with Gasteiger partial charge in [-0.25, -0.2) is 5.01 Å². The van der Waals surface area contributed by atoms with Gasteiger partial charge in [-0.2, -0.15) is 0 Å². The predicted molar refractivity (Wildman–Crippen MR) is 89.2 cm³/mol. The molecule has 4 rings (SSSR count). The van der Waals surface area contributed by atoms with Crippen LogP contribution in [0.3, 0.4) is 0 Å². The van der Waals surface area contributed by atoms with E-state index in [2.05, 4.69) is 5.43 Å². The third-order valence-corrected chi connectivity index (χ3v) is 3.93. The SMILES string of the molecule is COc1cc2c(cc1C=C1C(=O)NN(c3ccccc3)C1=O)OCO2. The zero-order chi connectivity index (χ0) is 17.4. The van der Waals surface area contributed by atoms with Gasteiger partial charge in [-0.05, 0) is 24.3 Å². The second kappa shape index (κ2) is 5.86. The van der Waals surface area contributed by atoms with E-state index in [0.29, 0.717) is 28.5 Å². The molecule has 2 heterocycles. The summed E-state index contributed by atoms with van der Waals surface area (Å²) < 4.78 is 16.0. The molecule has 7 heteroatoms. The number of anilines is 1. The Morgan fingerprint density at radius 3 is 2.56 bits per heavy atom.